The molecule has 108 valence electrons. The Morgan fingerprint density at radius 1 is 1.38 bits per heavy atom. The molecule has 1 fully saturated rings. The summed E-state index contributed by atoms with van der Waals surface area (Å²) >= 11 is 0. The topological polar surface area (TPSA) is 130 Å². The number of nitrogens with zero attached hydrogens (tertiary/aromatic N) is 2. The second-order valence-electron chi connectivity index (χ2n) is 4.69. The standard InChI is InChI=1S/C12H11N5O4/c18-10-4-3-8(11(19)16-10)14-12-13-7-2-1-6(17(20)21)5-9(7)15-12/h1-2,5,8H,3-4H2,(H2,13,14,15)(H,16,18,19). The Hall–Kier alpha value is -2.97. The summed E-state index contributed by atoms with van der Waals surface area (Å²) in [5.74, 6) is -0.365. The van der Waals surface area contributed by atoms with Crippen LogP contribution in [0.2, 0.25) is 0 Å². The van der Waals surface area contributed by atoms with Crippen LogP contribution in [0, 0.1) is 10.1 Å². The number of H-pyrrole nitrogens is 1. The van der Waals surface area contributed by atoms with E-state index >= 15 is 0 Å². The van der Waals surface area contributed by atoms with Crippen molar-refractivity contribution in [1.82, 2.24) is 15.3 Å². The minimum Gasteiger partial charge on any atom is -0.344 e. The van der Waals surface area contributed by atoms with Crippen molar-refractivity contribution in [2.24, 2.45) is 0 Å². The van der Waals surface area contributed by atoms with Gasteiger partial charge in [-0.3, -0.25) is 25.0 Å². The van der Waals surface area contributed by atoms with E-state index in [1.165, 1.54) is 18.2 Å². The second-order valence-corrected chi connectivity index (χ2v) is 4.69. The lowest BCUT2D eigenvalue weighted by Gasteiger charge is -2.21. The SMILES string of the molecule is O=C1CCC(Nc2nc3ccc([N+](=O)[O-])cc3[nH]2)C(=O)N1. The van der Waals surface area contributed by atoms with Crippen LogP contribution >= 0.6 is 0 Å². The maximum Gasteiger partial charge on any atom is 0.271 e. The smallest absolute Gasteiger partial charge is 0.271 e. The van der Waals surface area contributed by atoms with Crippen LogP contribution in [0.4, 0.5) is 11.6 Å². The summed E-state index contributed by atoms with van der Waals surface area (Å²) in [6, 6.07) is 3.70. The molecule has 21 heavy (non-hydrogen) atoms. The number of aromatic amines is 1. The number of nitro benzene ring substituents is 1. The van der Waals surface area contributed by atoms with Gasteiger partial charge in [-0.05, 0) is 12.5 Å². The molecule has 9 heteroatoms. The number of carbonyl (C=O) groups excluding carboxylic acids is 2. The van der Waals surface area contributed by atoms with E-state index in [4.69, 9.17) is 0 Å². The number of fused-ring (bicyclic) bond motifs is 1. The van der Waals surface area contributed by atoms with Crippen LogP contribution in [0.3, 0.4) is 0 Å². The Morgan fingerprint density at radius 3 is 2.90 bits per heavy atom. The third kappa shape index (κ3) is 2.53. The van der Waals surface area contributed by atoms with E-state index in [0.29, 0.717) is 23.4 Å². The van der Waals surface area contributed by atoms with Gasteiger partial charge in [-0.1, -0.05) is 0 Å². The van der Waals surface area contributed by atoms with Crippen molar-refractivity contribution in [2.45, 2.75) is 18.9 Å². The molecule has 2 heterocycles. The molecule has 0 saturated carbocycles. The maximum absolute atomic E-state index is 11.6. The van der Waals surface area contributed by atoms with Crippen LogP contribution in [0.25, 0.3) is 11.0 Å². The molecule has 1 saturated heterocycles. The van der Waals surface area contributed by atoms with Crippen LogP contribution in [-0.4, -0.2) is 32.7 Å². The van der Waals surface area contributed by atoms with Crippen LogP contribution in [0.1, 0.15) is 12.8 Å². The van der Waals surface area contributed by atoms with Crippen molar-refractivity contribution in [3.8, 4) is 0 Å². The summed E-state index contributed by atoms with van der Waals surface area (Å²) < 4.78 is 0. The van der Waals surface area contributed by atoms with Crippen molar-refractivity contribution in [1.29, 1.82) is 0 Å². The highest BCUT2D eigenvalue weighted by Crippen LogP contribution is 2.21. The van der Waals surface area contributed by atoms with Gasteiger partial charge in [0.2, 0.25) is 17.8 Å². The summed E-state index contributed by atoms with van der Waals surface area (Å²) in [6.45, 7) is 0. The number of rotatable bonds is 3. The first-order valence-electron chi connectivity index (χ1n) is 6.27. The first-order chi connectivity index (χ1) is 10.0. The minimum absolute atomic E-state index is 0.0429. The largest absolute Gasteiger partial charge is 0.344 e. The molecule has 0 aliphatic carbocycles. The Morgan fingerprint density at radius 2 is 2.19 bits per heavy atom. The number of nitro groups is 1. The van der Waals surface area contributed by atoms with E-state index in [9.17, 15) is 19.7 Å². The Bertz CT molecular complexity index is 753. The average Bonchev–Trinajstić information content (AvgIpc) is 2.83. The number of carbonyl (C=O) groups is 2. The van der Waals surface area contributed by atoms with Crippen LogP contribution < -0.4 is 10.6 Å². The van der Waals surface area contributed by atoms with Gasteiger partial charge in [0.25, 0.3) is 5.69 Å². The van der Waals surface area contributed by atoms with Gasteiger partial charge in [-0.15, -0.1) is 0 Å². The predicted molar refractivity (Wildman–Crippen MR) is 72.5 cm³/mol. The highest BCUT2D eigenvalue weighted by Gasteiger charge is 2.27. The highest BCUT2D eigenvalue weighted by molar-refractivity contribution is 6.01. The quantitative estimate of drug-likeness (QED) is 0.433. The lowest BCUT2D eigenvalue weighted by atomic mass is 10.1. The summed E-state index contributed by atoms with van der Waals surface area (Å²) in [5.41, 5.74) is 1.01. The molecule has 2 amide bonds. The van der Waals surface area contributed by atoms with E-state index in [1.807, 2.05) is 0 Å². The van der Waals surface area contributed by atoms with E-state index in [1.54, 1.807) is 0 Å². The lowest BCUT2D eigenvalue weighted by molar-refractivity contribution is -0.384. The van der Waals surface area contributed by atoms with Gasteiger partial charge < -0.3 is 10.3 Å². The summed E-state index contributed by atoms with van der Waals surface area (Å²) in [5, 5.41) is 15.8. The number of hydrogen-bond acceptors (Lipinski definition) is 6. The average molecular weight is 289 g/mol. The van der Waals surface area contributed by atoms with E-state index in [-0.39, 0.29) is 18.0 Å². The predicted octanol–water partition coefficient (Wildman–Crippen LogP) is 0.688. The van der Waals surface area contributed by atoms with E-state index in [0.717, 1.165) is 0 Å². The van der Waals surface area contributed by atoms with Crippen molar-refractivity contribution in [2.75, 3.05) is 5.32 Å². The number of imide groups is 1. The number of anilines is 1. The van der Waals surface area contributed by atoms with Crippen LogP contribution in [-0.2, 0) is 9.59 Å². The monoisotopic (exact) mass is 289 g/mol. The highest BCUT2D eigenvalue weighted by atomic mass is 16.6. The number of benzene rings is 1. The molecular formula is C12H11N5O4. The zero-order valence-electron chi connectivity index (χ0n) is 10.8. The van der Waals surface area contributed by atoms with Crippen LogP contribution in [0.5, 0.6) is 0 Å². The molecule has 0 spiro atoms. The van der Waals surface area contributed by atoms with Gasteiger partial charge in [0, 0.05) is 18.6 Å². The molecule has 0 bridgehead atoms. The van der Waals surface area contributed by atoms with Crippen molar-refractivity contribution < 1.29 is 14.5 Å². The molecular weight excluding hydrogens is 278 g/mol. The molecule has 1 unspecified atom stereocenters. The molecule has 1 atom stereocenters. The summed E-state index contributed by atoms with van der Waals surface area (Å²) in [4.78, 5) is 40.0. The first kappa shape index (κ1) is 13.0. The Kier molecular flexibility index (Phi) is 3.01. The molecule has 2 aromatic rings. The third-order valence-electron chi connectivity index (χ3n) is 3.23. The van der Waals surface area contributed by atoms with Gasteiger partial charge in [0.1, 0.15) is 6.04 Å². The summed E-state index contributed by atoms with van der Waals surface area (Å²) in [7, 11) is 0. The van der Waals surface area contributed by atoms with E-state index in [2.05, 4.69) is 20.6 Å². The van der Waals surface area contributed by atoms with Crippen molar-refractivity contribution >= 4 is 34.5 Å². The fraction of sp³-hybridized carbons (Fsp3) is 0.250. The number of nitrogens with one attached hydrogen (secondary N) is 3. The Labute approximate surface area is 117 Å². The number of amides is 2. The Balaban J connectivity index is 1.83. The molecule has 0 radical (unpaired) electrons. The molecule has 3 N–H and O–H groups in total. The maximum atomic E-state index is 11.6. The number of non-ortho nitro benzene ring substituents is 1. The van der Waals surface area contributed by atoms with E-state index < -0.39 is 16.9 Å². The summed E-state index contributed by atoms with van der Waals surface area (Å²) in [6.07, 6.45) is 0.636. The van der Waals surface area contributed by atoms with Crippen molar-refractivity contribution in [3.63, 3.8) is 0 Å². The first-order valence-corrected chi connectivity index (χ1v) is 6.27. The number of hydrogen-bond donors (Lipinski definition) is 3. The molecule has 1 aromatic heterocycles. The zero-order valence-corrected chi connectivity index (χ0v) is 10.8. The number of aromatic nitrogens is 2. The minimum atomic E-state index is -0.557. The third-order valence-corrected chi connectivity index (χ3v) is 3.23. The second kappa shape index (κ2) is 4.85. The molecule has 1 aliphatic heterocycles. The van der Waals surface area contributed by atoms with Crippen LogP contribution in [0.15, 0.2) is 18.2 Å². The molecule has 9 nitrogen and oxygen atoms in total. The van der Waals surface area contributed by atoms with Gasteiger partial charge in [0.05, 0.1) is 16.0 Å². The van der Waals surface area contributed by atoms with Gasteiger partial charge >= 0.3 is 0 Å². The molecule has 1 aromatic carbocycles. The molecule has 3 rings (SSSR count). The number of piperidine rings is 1. The zero-order chi connectivity index (χ0) is 15.0. The van der Waals surface area contributed by atoms with Gasteiger partial charge in [-0.25, -0.2) is 4.98 Å². The number of imidazole rings is 1. The van der Waals surface area contributed by atoms with Gasteiger partial charge in [-0.2, -0.15) is 0 Å². The fourth-order valence-electron chi connectivity index (χ4n) is 2.18. The van der Waals surface area contributed by atoms with Gasteiger partial charge in [0.15, 0.2) is 0 Å². The lowest BCUT2D eigenvalue weighted by Crippen LogP contribution is -2.47. The van der Waals surface area contributed by atoms with Crippen molar-refractivity contribution in [3.05, 3.63) is 28.3 Å². The normalized spacial score (nSPS) is 18.6. The molecule has 1 aliphatic rings. The fourth-order valence-corrected chi connectivity index (χ4v) is 2.18.